The van der Waals surface area contributed by atoms with Crippen LogP contribution in [0.4, 0.5) is 5.95 Å². The van der Waals surface area contributed by atoms with Crippen molar-refractivity contribution in [1.29, 1.82) is 0 Å². The number of hydrogen-bond acceptors (Lipinski definition) is 6. The van der Waals surface area contributed by atoms with Crippen LogP contribution in [0.15, 0.2) is 29.0 Å². The van der Waals surface area contributed by atoms with Crippen LogP contribution in [0.5, 0.6) is 11.8 Å². The van der Waals surface area contributed by atoms with Gasteiger partial charge in [0, 0.05) is 6.20 Å². The van der Waals surface area contributed by atoms with Crippen molar-refractivity contribution in [3.8, 4) is 11.8 Å². The summed E-state index contributed by atoms with van der Waals surface area (Å²) in [6, 6.07) is 4.81. The number of rotatable bonds is 4. The van der Waals surface area contributed by atoms with Crippen molar-refractivity contribution in [2.45, 2.75) is 0 Å². The second-order valence-corrected chi connectivity index (χ2v) is 4.41. The van der Waals surface area contributed by atoms with E-state index in [0.717, 1.165) is 0 Å². The Balaban J connectivity index is 2.20. The molecule has 2 rings (SSSR count). The third-order valence-corrected chi connectivity index (χ3v) is 2.78. The maximum Gasteiger partial charge on any atom is 0.259 e. The zero-order valence-electron chi connectivity index (χ0n) is 10.8. The van der Waals surface area contributed by atoms with Crippen LogP contribution in [-0.2, 0) is 0 Å². The second kappa shape index (κ2) is 6.29. The standard InChI is InChI=1S/C12H11BrN4O3/c1-19-9-5-10(20-2)16-12(15-9)17-11(18)7-3-4-8(13)14-6-7/h3-6H,1-2H3,(H,15,16,17,18). The third kappa shape index (κ3) is 3.41. The van der Waals surface area contributed by atoms with Crippen molar-refractivity contribution in [1.82, 2.24) is 15.0 Å². The molecule has 0 fully saturated rings. The van der Waals surface area contributed by atoms with Crippen LogP contribution in [0.2, 0.25) is 0 Å². The van der Waals surface area contributed by atoms with Crippen molar-refractivity contribution in [3.63, 3.8) is 0 Å². The first kappa shape index (κ1) is 14.2. The minimum Gasteiger partial charge on any atom is -0.481 e. The van der Waals surface area contributed by atoms with Gasteiger partial charge in [-0.2, -0.15) is 9.97 Å². The lowest BCUT2D eigenvalue weighted by Crippen LogP contribution is -2.15. The van der Waals surface area contributed by atoms with Crippen molar-refractivity contribution < 1.29 is 14.3 Å². The molecule has 0 atom stereocenters. The van der Waals surface area contributed by atoms with Crippen molar-refractivity contribution >= 4 is 27.8 Å². The van der Waals surface area contributed by atoms with Gasteiger partial charge in [0.05, 0.1) is 25.8 Å². The first-order chi connectivity index (χ1) is 9.62. The molecular formula is C12H11BrN4O3. The van der Waals surface area contributed by atoms with Gasteiger partial charge in [-0.3, -0.25) is 10.1 Å². The van der Waals surface area contributed by atoms with E-state index >= 15 is 0 Å². The summed E-state index contributed by atoms with van der Waals surface area (Å²) in [5.41, 5.74) is 0.388. The van der Waals surface area contributed by atoms with E-state index in [-0.39, 0.29) is 11.9 Å². The van der Waals surface area contributed by atoms with E-state index in [2.05, 4.69) is 36.2 Å². The fraction of sp³-hybridized carbons (Fsp3) is 0.167. The van der Waals surface area contributed by atoms with Crippen LogP contribution in [-0.4, -0.2) is 35.1 Å². The number of hydrogen-bond donors (Lipinski definition) is 1. The second-order valence-electron chi connectivity index (χ2n) is 3.60. The number of amides is 1. The highest BCUT2D eigenvalue weighted by atomic mass is 79.9. The average molecular weight is 339 g/mol. The minimum absolute atomic E-state index is 0.0918. The Morgan fingerprint density at radius 1 is 1.20 bits per heavy atom. The molecule has 2 aromatic rings. The third-order valence-electron chi connectivity index (χ3n) is 2.31. The molecule has 2 aromatic heterocycles. The monoisotopic (exact) mass is 338 g/mol. The van der Waals surface area contributed by atoms with Crippen molar-refractivity contribution in [2.75, 3.05) is 19.5 Å². The zero-order valence-corrected chi connectivity index (χ0v) is 12.3. The number of carbonyl (C=O) groups is 1. The Morgan fingerprint density at radius 2 is 1.85 bits per heavy atom. The summed E-state index contributed by atoms with van der Waals surface area (Å²) in [7, 11) is 2.93. The summed E-state index contributed by atoms with van der Waals surface area (Å²) >= 11 is 3.20. The van der Waals surface area contributed by atoms with E-state index in [9.17, 15) is 4.79 Å². The first-order valence-electron chi connectivity index (χ1n) is 5.52. The summed E-state index contributed by atoms with van der Waals surface area (Å²) < 4.78 is 10.6. The molecule has 0 spiro atoms. The summed E-state index contributed by atoms with van der Waals surface area (Å²) in [4.78, 5) is 24.0. The number of nitrogens with zero attached hydrogens (tertiary/aromatic N) is 3. The summed E-state index contributed by atoms with van der Waals surface area (Å²) in [5, 5.41) is 2.55. The molecule has 0 aliphatic rings. The van der Waals surface area contributed by atoms with E-state index in [4.69, 9.17) is 9.47 Å². The molecule has 2 heterocycles. The van der Waals surface area contributed by atoms with E-state index in [1.54, 1.807) is 12.1 Å². The van der Waals surface area contributed by atoms with Crippen molar-refractivity contribution in [2.24, 2.45) is 0 Å². The molecule has 0 saturated carbocycles. The van der Waals surface area contributed by atoms with Crippen LogP contribution in [0.3, 0.4) is 0 Å². The molecule has 0 saturated heterocycles. The fourth-order valence-electron chi connectivity index (χ4n) is 1.35. The van der Waals surface area contributed by atoms with Crippen molar-refractivity contribution in [3.05, 3.63) is 34.6 Å². The van der Waals surface area contributed by atoms with Crippen LogP contribution < -0.4 is 14.8 Å². The van der Waals surface area contributed by atoms with Gasteiger partial charge in [-0.1, -0.05) is 0 Å². The van der Waals surface area contributed by atoms with E-state index in [1.165, 1.54) is 26.5 Å². The van der Waals surface area contributed by atoms with Crippen LogP contribution in [0, 0.1) is 0 Å². The highest BCUT2D eigenvalue weighted by Crippen LogP contribution is 2.17. The number of aromatic nitrogens is 3. The lowest BCUT2D eigenvalue weighted by Gasteiger charge is -2.07. The summed E-state index contributed by atoms with van der Waals surface area (Å²) in [5.74, 6) is 0.302. The van der Waals surface area contributed by atoms with Gasteiger partial charge in [-0.25, -0.2) is 4.98 Å². The highest BCUT2D eigenvalue weighted by molar-refractivity contribution is 9.10. The van der Waals surface area contributed by atoms with E-state index < -0.39 is 0 Å². The van der Waals surface area contributed by atoms with Crippen LogP contribution in [0.1, 0.15) is 10.4 Å². The fourth-order valence-corrected chi connectivity index (χ4v) is 1.59. The number of nitrogens with one attached hydrogen (secondary N) is 1. The summed E-state index contributed by atoms with van der Waals surface area (Å²) in [6.07, 6.45) is 1.44. The Bertz CT molecular complexity index is 596. The molecule has 1 amide bonds. The molecule has 104 valence electrons. The smallest absolute Gasteiger partial charge is 0.259 e. The average Bonchev–Trinajstić information content (AvgIpc) is 2.47. The molecule has 7 nitrogen and oxygen atoms in total. The van der Waals surface area contributed by atoms with Gasteiger partial charge in [0.15, 0.2) is 0 Å². The molecule has 0 bridgehead atoms. The maximum absolute atomic E-state index is 12.0. The molecule has 20 heavy (non-hydrogen) atoms. The van der Waals surface area contributed by atoms with Gasteiger partial charge in [0.1, 0.15) is 4.60 Å². The van der Waals surface area contributed by atoms with Gasteiger partial charge >= 0.3 is 0 Å². The highest BCUT2D eigenvalue weighted by Gasteiger charge is 2.11. The molecule has 0 aliphatic carbocycles. The first-order valence-corrected chi connectivity index (χ1v) is 6.31. The number of anilines is 1. The van der Waals surface area contributed by atoms with Gasteiger partial charge < -0.3 is 9.47 Å². The molecule has 0 aromatic carbocycles. The molecule has 0 unspecified atom stereocenters. The van der Waals surface area contributed by atoms with Gasteiger partial charge in [0.2, 0.25) is 17.7 Å². The lowest BCUT2D eigenvalue weighted by molar-refractivity contribution is 0.102. The molecule has 0 aliphatic heterocycles. The minimum atomic E-state index is -0.375. The molecule has 1 N–H and O–H groups in total. The van der Waals surface area contributed by atoms with Crippen LogP contribution >= 0.6 is 15.9 Å². The SMILES string of the molecule is COc1cc(OC)nc(NC(=O)c2ccc(Br)nc2)n1. The number of ether oxygens (including phenoxy) is 2. The lowest BCUT2D eigenvalue weighted by atomic mass is 10.3. The number of carbonyl (C=O) groups excluding carboxylic acids is 1. The number of methoxy groups -OCH3 is 2. The van der Waals surface area contributed by atoms with Gasteiger partial charge in [-0.05, 0) is 28.1 Å². The van der Waals surface area contributed by atoms with Gasteiger partial charge in [-0.15, -0.1) is 0 Å². The predicted molar refractivity (Wildman–Crippen MR) is 75.0 cm³/mol. The molecule has 0 radical (unpaired) electrons. The van der Waals surface area contributed by atoms with Gasteiger partial charge in [0.25, 0.3) is 5.91 Å². The Labute approximate surface area is 123 Å². The Kier molecular flexibility index (Phi) is 4.46. The summed E-state index contributed by atoms with van der Waals surface area (Å²) in [6.45, 7) is 0. The largest absolute Gasteiger partial charge is 0.481 e. The molecule has 8 heteroatoms. The predicted octanol–water partition coefficient (Wildman–Crippen LogP) is 1.90. The zero-order chi connectivity index (χ0) is 14.5. The maximum atomic E-state index is 12.0. The normalized spacial score (nSPS) is 9.95. The molecular weight excluding hydrogens is 328 g/mol. The quantitative estimate of drug-likeness (QED) is 0.857. The Hall–Kier alpha value is -2.22. The van der Waals surface area contributed by atoms with E-state index in [0.29, 0.717) is 21.9 Å². The number of pyridine rings is 1. The van der Waals surface area contributed by atoms with E-state index in [1.807, 2.05) is 0 Å². The topological polar surface area (TPSA) is 86.2 Å². The number of halogens is 1. The Morgan fingerprint density at radius 3 is 2.35 bits per heavy atom. The van der Waals surface area contributed by atoms with Crippen LogP contribution in [0.25, 0.3) is 0 Å².